The molecule has 4 rings (SSSR count). The number of rotatable bonds is 1. The van der Waals surface area contributed by atoms with Crippen molar-refractivity contribution >= 4 is 22.8 Å². The second-order valence-electron chi connectivity index (χ2n) is 7.40. The number of anilines is 1. The summed E-state index contributed by atoms with van der Waals surface area (Å²) in [7, 11) is 1.66. The second kappa shape index (κ2) is 6.83. The van der Waals surface area contributed by atoms with Crippen molar-refractivity contribution in [3.8, 4) is 23.1 Å². The van der Waals surface area contributed by atoms with Gasteiger partial charge in [0.25, 0.3) is 5.91 Å². The number of hydrogen-bond donors (Lipinski definition) is 2. The topological polar surface area (TPSA) is 105 Å². The summed E-state index contributed by atoms with van der Waals surface area (Å²) < 4.78 is 0. The molecule has 0 radical (unpaired) electrons. The van der Waals surface area contributed by atoms with Crippen LogP contribution in [0.5, 0.6) is 0 Å². The first kappa shape index (κ1) is 18.8. The Bertz CT molecular complexity index is 1210. The molecule has 0 aliphatic carbocycles. The Balaban J connectivity index is 1.78. The summed E-state index contributed by atoms with van der Waals surface area (Å²) in [5.41, 5.74) is 9.96. The Morgan fingerprint density at radius 3 is 2.69 bits per heavy atom. The number of aliphatic hydroxyl groups is 1. The molecule has 3 heterocycles. The number of nitrogens with zero attached hydrogens (tertiary/aromatic N) is 4. The smallest absolute Gasteiger partial charge is 0.267 e. The van der Waals surface area contributed by atoms with Gasteiger partial charge in [-0.3, -0.25) is 4.79 Å². The number of aromatic nitrogens is 3. The predicted molar refractivity (Wildman–Crippen MR) is 111 cm³/mol. The molecule has 0 unspecified atom stereocenters. The molecule has 1 aliphatic heterocycles. The minimum Gasteiger partial charge on any atom is -0.382 e. The van der Waals surface area contributed by atoms with E-state index in [-0.39, 0.29) is 5.91 Å². The maximum absolute atomic E-state index is 12.1. The van der Waals surface area contributed by atoms with Crippen molar-refractivity contribution in [2.24, 2.45) is 0 Å². The van der Waals surface area contributed by atoms with Crippen molar-refractivity contribution in [1.29, 1.82) is 0 Å². The van der Waals surface area contributed by atoms with Crippen LogP contribution in [0.1, 0.15) is 23.1 Å². The number of nitrogens with two attached hydrogens (primary N) is 1. The van der Waals surface area contributed by atoms with Crippen molar-refractivity contribution in [1.82, 2.24) is 19.9 Å². The third-order valence-corrected chi connectivity index (χ3v) is 5.25. The lowest BCUT2D eigenvalue weighted by Gasteiger charge is -2.13. The molecule has 0 spiro atoms. The first-order valence-electron chi connectivity index (χ1n) is 9.28. The maximum Gasteiger partial charge on any atom is 0.267 e. The van der Waals surface area contributed by atoms with Crippen LogP contribution in [-0.2, 0) is 4.79 Å². The van der Waals surface area contributed by atoms with Crippen LogP contribution < -0.4 is 5.73 Å². The number of benzene rings is 1. The van der Waals surface area contributed by atoms with Crippen molar-refractivity contribution < 1.29 is 9.90 Å². The quantitative estimate of drug-likeness (QED) is 0.617. The number of likely N-dealkylation sites (N-methyl/N-ethyl adjacent to an activating group) is 1. The van der Waals surface area contributed by atoms with E-state index < -0.39 is 5.60 Å². The van der Waals surface area contributed by atoms with E-state index in [4.69, 9.17) is 5.73 Å². The number of carbonyl (C=O) groups excluding carboxylic acids is 1. The van der Waals surface area contributed by atoms with Crippen molar-refractivity contribution in [3.63, 3.8) is 0 Å². The number of fused-ring (bicyclic) bond motifs is 1. The van der Waals surface area contributed by atoms with E-state index in [0.717, 1.165) is 27.9 Å². The Morgan fingerprint density at radius 1 is 1.17 bits per heavy atom. The summed E-state index contributed by atoms with van der Waals surface area (Å²) in [5.74, 6) is 5.68. The zero-order chi connectivity index (χ0) is 20.8. The fourth-order valence-electron chi connectivity index (χ4n) is 3.48. The van der Waals surface area contributed by atoms with Crippen molar-refractivity contribution in [2.45, 2.75) is 25.9 Å². The van der Waals surface area contributed by atoms with Crippen LogP contribution >= 0.6 is 0 Å². The zero-order valence-electron chi connectivity index (χ0n) is 16.5. The second-order valence-corrected chi connectivity index (χ2v) is 7.40. The van der Waals surface area contributed by atoms with E-state index in [9.17, 15) is 9.90 Å². The highest BCUT2D eigenvalue weighted by Crippen LogP contribution is 2.28. The largest absolute Gasteiger partial charge is 0.382 e. The summed E-state index contributed by atoms with van der Waals surface area (Å²) >= 11 is 0. The first-order chi connectivity index (χ1) is 13.8. The summed E-state index contributed by atoms with van der Waals surface area (Å²) in [5, 5.41) is 10.5. The Morgan fingerprint density at radius 2 is 1.97 bits per heavy atom. The molecule has 3 N–H and O–H groups in total. The van der Waals surface area contributed by atoms with Crippen LogP contribution in [0.3, 0.4) is 0 Å². The lowest BCUT2D eigenvalue weighted by atomic mass is 9.99. The number of aryl methyl sites for hydroxylation is 2. The molecule has 1 saturated heterocycles. The van der Waals surface area contributed by atoms with Gasteiger partial charge >= 0.3 is 0 Å². The van der Waals surface area contributed by atoms with Crippen LogP contribution in [-0.4, -0.2) is 50.1 Å². The molecule has 7 heteroatoms. The van der Waals surface area contributed by atoms with Gasteiger partial charge in [0.15, 0.2) is 5.82 Å². The summed E-state index contributed by atoms with van der Waals surface area (Å²) in [6.45, 7) is 4.44. The highest BCUT2D eigenvalue weighted by molar-refractivity contribution is 5.91. The number of amides is 1. The molecule has 29 heavy (non-hydrogen) atoms. The normalized spacial score (nSPS) is 18.8. The fourth-order valence-corrected chi connectivity index (χ4v) is 3.48. The summed E-state index contributed by atoms with van der Waals surface area (Å²) in [4.78, 5) is 26.6. The van der Waals surface area contributed by atoms with Crippen molar-refractivity contribution in [3.05, 3.63) is 47.3 Å². The Kier molecular flexibility index (Phi) is 4.44. The first-order valence-corrected chi connectivity index (χ1v) is 9.28. The standard InChI is InChI=1S/C22H21N5O2/c1-13-4-5-15(6-7-22(29)8-9-27(3)21(22)28)11-16(13)17-10-14(2)18-19(26-17)20(23)25-12-24-18/h4-5,10-12,29H,8-9H2,1-3H3,(H2,23,24,25)/t22-/m0/s1. The number of hydrogen-bond acceptors (Lipinski definition) is 6. The average Bonchev–Trinajstić information content (AvgIpc) is 2.96. The van der Waals surface area contributed by atoms with E-state index in [1.807, 2.05) is 38.1 Å². The average molecular weight is 387 g/mol. The molecule has 2 aromatic heterocycles. The summed E-state index contributed by atoms with van der Waals surface area (Å²) in [6, 6.07) is 7.67. The van der Waals surface area contributed by atoms with Crippen LogP contribution in [0.2, 0.25) is 0 Å². The zero-order valence-corrected chi connectivity index (χ0v) is 16.5. The number of pyridine rings is 1. The molecule has 3 aromatic rings. The van der Waals surface area contributed by atoms with E-state index in [2.05, 4.69) is 26.8 Å². The highest BCUT2D eigenvalue weighted by Gasteiger charge is 2.42. The van der Waals surface area contributed by atoms with E-state index in [1.54, 1.807) is 7.05 Å². The van der Waals surface area contributed by atoms with E-state index in [1.165, 1.54) is 11.2 Å². The van der Waals surface area contributed by atoms with Gasteiger partial charge in [0.05, 0.1) is 11.2 Å². The van der Waals surface area contributed by atoms with Crippen LogP contribution in [0.25, 0.3) is 22.3 Å². The predicted octanol–water partition coefficient (Wildman–Crippen LogP) is 1.84. The van der Waals surface area contributed by atoms with Gasteiger partial charge in [-0.1, -0.05) is 17.9 Å². The van der Waals surface area contributed by atoms with Gasteiger partial charge in [-0.05, 0) is 43.2 Å². The molecule has 0 bridgehead atoms. The van der Waals surface area contributed by atoms with Gasteiger partial charge in [0.2, 0.25) is 5.60 Å². The van der Waals surface area contributed by atoms with E-state index >= 15 is 0 Å². The molecular formula is C22H21N5O2. The fraction of sp³-hybridized carbons (Fsp3) is 0.273. The monoisotopic (exact) mass is 387 g/mol. The lowest BCUT2D eigenvalue weighted by Crippen LogP contribution is -2.37. The van der Waals surface area contributed by atoms with Gasteiger partial charge in [0, 0.05) is 31.1 Å². The van der Waals surface area contributed by atoms with Crippen LogP contribution in [0, 0.1) is 25.7 Å². The summed E-state index contributed by atoms with van der Waals surface area (Å²) in [6.07, 6.45) is 1.73. The minimum absolute atomic E-state index is 0.304. The Hall–Kier alpha value is -3.50. The molecule has 146 valence electrons. The molecule has 1 aromatic carbocycles. The van der Waals surface area contributed by atoms with Gasteiger partial charge in [-0.15, -0.1) is 0 Å². The van der Waals surface area contributed by atoms with Gasteiger partial charge in [0.1, 0.15) is 11.8 Å². The van der Waals surface area contributed by atoms with Crippen LogP contribution in [0.4, 0.5) is 5.82 Å². The number of nitrogen functional groups attached to an aromatic ring is 1. The number of likely N-dealkylation sites (tertiary alicyclic amines) is 1. The molecular weight excluding hydrogens is 366 g/mol. The molecule has 1 amide bonds. The maximum atomic E-state index is 12.1. The lowest BCUT2D eigenvalue weighted by molar-refractivity contribution is -0.137. The molecule has 0 saturated carbocycles. The minimum atomic E-state index is -1.62. The molecule has 1 aliphatic rings. The Labute approximate surface area is 168 Å². The third-order valence-electron chi connectivity index (χ3n) is 5.25. The highest BCUT2D eigenvalue weighted by atomic mass is 16.3. The third kappa shape index (κ3) is 3.28. The molecule has 1 fully saturated rings. The van der Waals surface area contributed by atoms with Crippen molar-refractivity contribution in [2.75, 3.05) is 19.3 Å². The van der Waals surface area contributed by atoms with Gasteiger partial charge < -0.3 is 15.7 Å². The van der Waals surface area contributed by atoms with E-state index in [0.29, 0.717) is 29.9 Å². The SMILES string of the molecule is Cc1ccc(C#C[C@]2(O)CCN(C)C2=O)cc1-c1cc(C)c2ncnc(N)c2n1. The molecule has 1 atom stereocenters. The van der Waals surface area contributed by atoms with Crippen LogP contribution in [0.15, 0.2) is 30.6 Å². The van der Waals surface area contributed by atoms with Gasteiger partial charge in [-0.2, -0.15) is 0 Å². The van der Waals surface area contributed by atoms with Gasteiger partial charge in [-0.25, -0.2) is 15.0 Å². The number of carbonyl (C=O) groups is 1. The molecule has 7 nitrogen and oxygen atoms in total.